The number of hydrogen-bond acceptors (Lipinski definition) is 9. The molecular weight excluding hydrogens is 678 g/mol. The molecule has 4 rings (SSSR count). The molecule has 13 heteroatoms. The topological polar surface area (TPSA) is 170 Å². The molecule has 2 heterocycles. The summed E-state index contributed by atoms with van der Waals surface area (Å²) in [4.78, 5) is 70.4. The molecule has 0 unspecified atom stereocenters. The number of unbranched alkanes of at least 4 members (excludes halogenated alkanes) is 1. The van der Waals surface area contributed by atoms with Crippen molar-refractivity contribution < 1.29 is 38.2 Å². The minimum atomic E-state index is -1.03. The molecule has 0 aliphatic carbocycles. The third-order valence-electron chi connectivity index (χ3n) is 9.29. The van der Waals surface area contributed by atoms with Crippen molar-refractivity contribution in [2.75, 3.05) is 26.2 Å². The second kappa shape index (κ2) is 19.9. The number of hydrogen-bond donors (Lipinski definition) is 3. The maximum Gasteiger partial charge on any atom is 0.407 e. The van der Waals surface area contributed by atoms with Crippen LogP contribution >= 0.6 is 0 Å². The predicted molar refractivity (Wildman–Crippen MR) is 199 cm³/mol. The van der Waals surface area contributed by atoms with Crippen LogP contribution in [-0.4, -0.2) is 95.6 Å². The maximum atomic E-state index is 14.4. The number of ether oxygens (including phenoxy) is 3. The molecule has 4 amide bonds. The summed E-state index contributed by atoms with van der Waals surface area (Å²) >= 11 is 0. The van der Waals surface area contributed by atoms with Crippen LogP contribution in [-0.2, 0) is 46.6 Å². The number of alkyl carbamates (subject to hydrolysis) is 1. The van der Waals surface area contributed by atoms with Crippen molar-refractivity contribution >= 4 is 29.8 Å². The van der Waals surface area contributed by atoms with Crippen molar-refractivity contribution in [1.29, 1.82) is 0 Å². The number of carbonyl (C=O) groups excluding carboxylic acids is 5. The molecule has 0 bridgehead atoms. The molecule has 0 radical (unpaired) electrons. The third kappa shape index (κ3) is 12.4. The van der Waals surface area contributed by atoms with E-state index >= 15 is 0 Å². The molecule has 0 spiro atoms. The van der Waals surface area contributed by atoms with Crippen LogP contribution in [0.25, 0.3) is 0 Å². The summed E-state index contributed by atoms with van der Waals surface area (Å²) in [7, 11) is 0. The molecule has 13 nitrogen and oxygen atoms in total. The summed E-state index contributed by atoms with van der Waals surface area (Å²) in [5.74, 6) is -2.20. The monoisotopic (exact) mass is 733 g/mol. The number of esters is 1. The van der Waals surface area contributed by atoms with E-state index in [1.165, 1.54) is 9.80 Å². The lowest BCUT2D eigenvalue weighted by atomic mass is 9.88. The molecule has 53 heavy (non-hydrogen) atoms. The molecule has 2 fully saturated rings. The average molecular weight is 734 g/mol. The fourth-order valence-corrected chi connectivity index (χ4v) is 6.55. The van der Waals surface area contributed by atoms with Crippen molar-refractivity contribution in [2.45, 2.75) is 102 Å². The number of likely N-dealkylation sites (tertiary alicyclic amines) is 2. The van der Waals surface area contributed by atoms with Gasteiger partial charge in [0.05, 0.1) is 13.2 Å². The minimum absolute atomic E-state index is 0.0555. The highest BCUT2D eigenvalue weighted by Gasteiger charge is 2.45. The van der Waals surface area contributed by atoms with Crippen LogP contribution in [0.3, 0.4) is 0 Å². The summed E-state index contributed by atoms with van der Waals surface area (Å²) in [5, 5.41) is 5.55. The Hall–Kier alpha value is -4.75. The summed E-state index contributed by atoms with van der Waals surface area (Å²) in [5.41, 5.74) is 7.25. The molecule has 5 atom stereocenters. The van der Waals surface area contributed by atoms with Crippen LogP contribution in [0.4, 0.5) is 4.79 Å². The largest absolute Gasteiger partial charge is 0.458 e. The van der Waals surface area contributed by atoms with Crippen LogP contribution in [0.1, 0.15) is 70.4 Å². The van der Waals surface area contributed by atoms with Gasteiger partial charge in [0.2, 0.25) is 17.7 Å². The van der Waals surface area contributed by atoms with E-state index in [2.05, 4.69) is 17.2 Å². The van der Waals surface area contributed by atoms with E-state index in [0.29, 0.717) is 45.2 Å². The second-order valence-electron chi connectivity index (χ2n) is 14.5. The summed E-state index contributed by atoms with van der Waals surface area (Å²) in [6.07, 6.45) is 3.87. The smallest absolute Gasteiger partial charge is 0.407 e. The number of nitrogens with two attached hydrogens (primary N) is 1. The number of rotatable bonds is 17. The lowest BCUT2D eigenvalue weighted by Gasteiger charge is -2.42. The first-order chi connectivity index (χ1) is 25.4. The van der Waals surface area contributed by atoms with E-state index in [0.717, 1.165) is 11.1 Å². The standard InChI is InChI=1S/C40H55N5O8/c1-5-30-21-24-45(37(48)34(30)43-35(46)31(41)27-51-25-28-15-8-6-9-16-28)32(36(47)44-23-14-20-33(44)38(49)53-40(2,3)4)19-12-13-22-42-39(50)52-26-29-17-10-7-11-18-29/h5-11,15-18,30-34H,1,12-14,19-27,41H2,2-4H3,(H,42,50)(H,43,46)/t30-,31+,32+,33+,34+/m1/s1. The Balaban J connectivity index is 1.42. The van der Waals surface area contributed by atoms with Gasteiger partial charge in [-0.3, -0.25) is 14.4 Å². The van der Waals surface area contributed by atoms with Gasteiger partial charge in [0.1, 0.15) is 36.4 Å². The normalized spacial score (nSPS) is 19.9. The van der Waals surface area contributed by atoms with E-state index in [1.54, 1.807) is 26.8 Å². The Morgan fingerprint density at radius 2 is 1.62 bits per heavy atom. The Morgan fingerprint density at radius 3 is 2.26 bits per heavy atom. The zero-order chi connectivity index (χ0) is 38.4. The lowest BCUT2D eigenvalue weighted by molar-refractivity contribution is -0.165. The van der Waals surface area contributed by atoms with Crippen molar-refractivity contribution in [3.8, 4) is 0 Å². The zero-order valence-electron chi connectivity index (χ0n) is 31.2. The van der Waals surface area contributed by atoms with Crippen LogP contribution in [0.2, 0.25) is 0 Å². The quantitative estimate of drug-likeness (QED) is 0.124. The fraction of sp³-hybridized carbons (Fsp3) is 0.525. The second-order valence-corrected chi connectivity index (χ2v) is 14.5. The van der Waals surface area contributed by atoms with Gasteiger partial charge in [-0.25, -0.2) is 9.59 Å². The molecule has 2 aromatic carbocycles. The Morgan fingerprint density at radius 1 is 0.962 bits per heavy atom. The average Bonchev–Trinajstić information content (AvgIpc) is 3.64. The number of nitrogens with zero attached hydrogens (tertiary/aromatic N) is 2. The Labute approximate surface area is 312 Å². The SMILES string of the molecule is C=C[C@@H]1CCN([C@@H](CCCCNC(=O)OCc2ccccc2)C(=O)N2CCC[C@H]2C(=O)OC(C)(C)C)C(=O)[C@H]1NC(=O)[C@@H](N)COCc1ccccc1. The number of amides is 4. The highest BCUT2D eigenvalue weighted by molar-refractivity contribution is 5.95. The Bertz CT molecular complexity index is 1530. The molecule has 2 aliphatic heterocycles. The Kier molecular flexibility index (Phi) is 15.4. The van der Waals surface area contributed by atoms with E-state index in [4.69, 9.17) is 19.9 Å². The van der Waals surface area contributed by atoms with Gasteiger partial charge in [0.25, 0.3) is 0 Å². The van der Waals surface area contributed by atoms with Gasteiger partial charge in [-0.1, -0.05) is 66.7 Å². The van der Waals surface area contributed by atoms with Crippen LogP contribution < -0.4 is 16.4 Å². The zero-order valence-corrected chi connectivity index (χ0v) is 31.2. The van der Waals surface area contributed by atoms with Gasteiger partial charge in [-0.05, 0) is 70.4 Å². The van der Waals surface area contributed by atoms with Crippen molar-refractivity contribution in [1.82, 2.24) is 20.4 Å². The summed E-state index contributed by atoms with van der Waals surface area (Å²) < 4.78 is 16.6. The first-order valence-corrected chi connectivity index (χ1v) is 18.5. The van der Waals surface area contributed by atoms with Gasteiger partial charge in [-0.15, -0.1) is 6.58 Å². The number of piperidine rings is 1. The van der Waals surface area contributed by atoms with E-state index in [9.17, 15) is 24.0 Å². The van der Waals surface area contributed by atoms with Gasteiger partial charge in [0.15, 0.2) is 0 Å². The maximum absolute atomic E-state index is 14.4. The predicted octanol–water partition coefficient (Wildman–Crippen LogP) is 3.85. The molecule has 2 aromatic rings. The minimum Gasteiger partial charge on any atom is -0.458 e. The molecule has 0 aromatic heterocycles. The lowest BCUT2D eigenvalue weighted by Crippen LogP contribution is -2.63. The van der Waals surface area contributed by atoms with Gasteiger partial charge < -0.3 is 40.4 Å². The molecular formula is C40H55N5O8. The molecule has 2 aliphatic rings. The van der Waals surface area contributed by atoms with Gasteiger partial charge in [-0.2, -0.15) is 0 Å². The van der Waals surface area contributed by atoms with E-state index in [1.807, 2.05) is 60.7 Å². The van der Waals surface area contributed by atoms with Crippen LogP contribution in [0.5, 0.6) is 0 Å². The molecule has 4 N–H and O–H groups in total. The van der Waals surface area contributed by atoms with E-state index in [-0.39, 0.29) is 44.6 Å². The number of nitrogens with one attached hydrogen (secondary N) is 2. The van der Waals surface area contributed by atoms with Crippen LogP contribution in [0, 0.1) is 5.92 Å². The molecule has 288 valence electrons. The summed E-state index contributed by atoms with van der Waals surface area (Å²) in [6, 6.07) is 15.1. The molecule has 2 saturated heterocycles. The van der Waals surface area contributed by atoms with Crippen molar-refractivity contribution in [3.63, 3.8) is 0 Å². The molecule has 0 saturated carbocycles. The van der Waals surface area contributed by atoms with E-state index < -0.39 is 53.6 Å². The van der Waals surface area contributed by atoms with Crippen molar-refractivity contribution in [3.05, 3.63) is 84.4 Å². The number of carbonyl (C=O) groups is 5. The highest BCUT2D eigenvalue weighted by Crippen LogP contribution is 2.28. The highest BCUT2D eigenvalue weighted by atomic mass is 16.6. The first-order valence-electron chi connectivity index (χ1n) is 18.5. The first kappa shape index (κ1) is 41.0. The fourth-order valence-electron chi connectivity index (χ4n) is 6.55. The van der Waals surface area contributed by atoms with Crippen LogP contribution in [0.15, 0.2) is 73.3 Å². The van der Waals surface area contributed by atoms with Gasteiger partial charge >= 0.3 is 12.1 Å². The summed E-state index contributed by atoms with van der Waals surface area (Å²) in [6.45, 7) is 10.5. The van der Waals surface area contributed by atoms with Gasteiger partial charge in [0, 0.05) is 25.6 Å². The third-order valence-corrected chi connectivity index (χ3v) is 9.29. The number of benzene rings is 2. The van der Waals surface area contributed by atoms with Crippen molar-refractivity contribution in [2.24, 2.45) is 11.7 Å².